The number of carbonyl (C=O) groups excluding carboxylic acids is 1. The SMILES string of the molecule is Cc1c(Oc2cccc(NS(=O)(=O)NCC(F)(F)F)c2Cl)c(C(=O)NC2CC2)c(Nc2ccc(I)cc2F)n(C)c1=O. The summed E-state index contributed by atoms with van der Waals surface area (Å²) in [6.45, 7) is -0.429. The van der Waals surface area contributed by atoms with Crippen molar-refractivity contribution in [2.45, 2.75) is 32.0 Å². The molecule has 0 unspecified atom stereocenters. The third-order valence-electron chi connectivity index (χ3n) is 5.97. The lowest BCUT2D eigenvalue weighted by Crippen LogP contribution is -2.37. The summed E-state index contributed by atoms with van der Waals surface area (Å²) in [7, 11) is -3.32. The molecule has 4 rings (SSSR count). The van der Waals surface area contributed by atoms with Crippen LogP contribution in [-0.4, -0.2) is 37.7 Å². The molecule has 1 aliphatic carbocycles. The van der Waals surface area contributed by atoms with Crippen molar-refractivity contribution >= 4 is 67.5 Å². The zero-order valence-electron chi connectivity index (χ0n) is 21.8. The number of hydrogen-bond donors (Lipinski definition) is 4. The number of hydrogen-bond acceptors (Lipinski definition) is 6. The molecule has 1 saturated carbocycles. The molecule has 10 nitrogen and oxygen atoms in total. The van der Waals surface area contributed by atoms with Gasteiger partial charge in [0.05, 0.1) is 16.9 Å². The first-order valence-electron chi connectivity index (χ1n) is 12.1. The van der Waals surface area contributed by atoms with E-state index in [1.165, 1.54) is 49.0 Å². The number of nitrogens with one attached hydrogen (secondary N) is 4. The Labute approximate surface area is 256 Å². The Morgan fingerprint density at radius 1 is 1.19 bits per heavy atom. The van der Waals surface area contributed by atoms with Crippen LogP contribution in [0.5, 0.6) is 11.5 Å². The largest absolute Gasteiger partial charge is 0.454 e. The Bertz CT molecular complexity index is 1710. The lowest BCUT2D eigenvalue weighted by atomic mass is 10.1. The fraction of sp³-hybridized carbons (Fsp3) is 0.280. The summed E-state index contributed by atoms with van der Waals surface area (Å²) in [5.74, 6) is -1.85. The average molecular weight is 744 g/mol. The molecule has 2 aromatic carbocycles. The number of alkyl halides is 3. The van der Waals surface area contributed by atoms with Gasteiger partial charge in [-0.1, -0.05) is 17.7 Å². The Kier molecular flexibility index (Phi) is 9.29. The van der Waals surface area contributed by atoms with E-state index in [2.05, 4.69) is 10.6 Å². The summed E-state index contributed by atoms with van der Waals surface area (Å²) >= 11 is 8.29. The number of rotatable bonds is 10. The number of halogens is 6. The lowest BCUT2D eigenvalue weighted by molar-refractivity contribution is -0.121. The van der Waals surface area contributed by atoms with Crippen LogP contribution in [0.3, 0.4) is 0 Å². The van der Waals surface area contributed by atoms with E-state index in [4.69, 9.17) is 16.3 Å². The van der Waals surface area contributed by atoms with Gasteiger partial charge in [0, 0.05) is 16.7 Å². The zero-order chi connectivity index (χ0) is 31.0. The van der Waals surface area contributed by atoms with Crippen LogP contribution in [0.2, 0.25) is 5.02 Å². The van der Waals surface area contributed by atoms with Crippen LogP contribution in [0.15, 0.2) is 41.2 Å². The van der Waals surface area contributed by atoms with Gasteiger partial charge in [-0.15, -0.1) is 0 Å². The molecule has 0 saturated heterocycles. The highest BCUT2D eigenvalue weighted by atomic mass is 127. The van der Waals surface area contributed by atoms with Crippen molar-refractivity contribution in [1.82, 2.24) is 14.6 Å². The number of nitrogens with zero attached hydrogens (tertiary/aromatic N) is 1. The topological polar surface area (TPSA) is 131 Å². The van der Waals surface area contributed by atoms with E-state index < -0.39 is 40.2 Å². The molecular formula is C25H23ClF4IN5O5S. The summed E-state index contributed by atoms with van der Waals surface area (Å²) in [5, 5.41) is 5.24. The first kappa shape index (κ1) is 31.8. The van der Waals surface area contributed by atoms with E-state index in [-0.39, 0.29) is 50.9 Å². The molecule has 0 atom stereocenters. The first-order valence-corrected chi connectivity index (χ1v) is 15.1. The van der Waals surface area contributed by atoms with E-state index in [1.54, 1.807) is 6.07 Å². The molecule has 4 N–H and O–H groups in total. The highest BCUT2D eigenvalue weighted by Crippen LogP contribution is 2.40. The molecule has 1 amide bonds. The van der Waals surface area contributed by atoms with Crippen molar-refractivity contribution in [2.75, 3.05) is 16.6 Å². The highest BCUT2D eigenvalue weighted by Gasteiger charge is 2.32. The quantitative estimate of drug-likeness (QED) is 0.164. The molecule has 1 aliphatic rings. The van der Waals surface area contributed by atoms with E-state index in [0.717, 1.165) is 17.4 Å². The van der Waals surface area contributed by atoms with Gasteiger partial charge in [-0.2, -0.15) is 26.3 Å². The normalized spacial score (nSPS) is 13.5. The summed E-state index contributed by atoms with van der Waals surface area (Å²) in [6.07, 6.45) is -3.33. The monoisotopic (exact) mass is 743 g/mol. The molecule has 1 aromatic heterocycles. The van der Waals surface area contributed by atoms with Crippen molar-refractivity contribution in [3.8, 4) is 11.5 Å². The maximum atomic E-state index is 14.8. The smallest absolute Gasteiger partial charge is 0.402 e. The summed E-state index contributed by atoms with van der Waals surface area (Å²) in [6, 6.07) is 7.96. The van der Waals surface area contributed by atoms with Crippen LogP contribution in [-0.2, 0) is 17.3 Å². The molecular weight excluding hydrogens is 721 g/mol. The lowest BCUT2D eigenvalue weighted by Gasteiger charge is -2.22. The van der Waals surface area contributed by atoms with E-state index in [9.17, 15) is 35.6 Å². The number of pyridine rings is 1. The zero-order valence-corrected chi connectivity index (χ0v) is 25.6. The Balaban J connectivity index is 1.79. The van der Waals surface area contributed by atoms with Crippen molar-refractivity contribution in [2.24, 2.45) is 7.05 Å². The minimum Gasteiger partial charge on any atom is -0.454 e. The third kappa shape index (κ3) is 7.64. The van der Waals surface area contributed by atoms with Crippen molar-refractivity contribution in [3.63, 3.8) is 0 Å². The first-order chi connectivity index (χ1) is 19.6. The number of amides is 1. The number of carbonyl (C=O) groups is 1. The molecule has 1 fully saturated rings. The van der Waals surface area contributed by atoms with Gasteiger partial charge in [-0.3, -0.25) is 18.9 Å². The second kappa shape index (κ2) is 12.3. The van der Waals surface area contributed by atoms with Crippen LogP contribution < -0.4 is 30.4 Å². The summed E-state index contributed by atoms with van der Waals surface area (Å²) < 4.78 is 87.6. The van der Waals surface area contributed by atoms with Crippen LogP contribution in [0.25, 0.3) is 0 Å². The van der Waals surface area contributed by atoms with E-state index in [1.807, 2.05) is 27.3 Å². The molecule has 17 heteroatoms. The molecule has 0 aliphatic heterocycles. The van der Waals surface area contributed by atoms with Crippen molar-refractivity contribution in [1.29, 1.82) is 0 Å². The van der Waals surface area contributed by atoms with Gasteiger partial charge < -0.3 is 15.4 Å². The second-order valence-electron chi connectivity index (χ2n) is 9.30. The number of benzene rings is 2. The Morgan fingerprint density at radius 3 is 2.50 bits per heavy atom. The number of aromatic nitrogens is 1. The van der Waals surface area contributed by atoms with Crippen LogP contribution in [0.4, 0.5) is 34.8 Å². The minimum atomic E-state index is -4.80. The average Bonchev–Trinajstić information content (AvgIpc) is 3.71. The summed E-state index contributed by atoms with van der Waals surface area (Å²) in [5.41, 5.74) is -1.16. The molecule has 0 radical (unpaired) electrons. The molecule has 226 valence electrons. The van der Waals surface area contributed by atoms with Crippen LogP contribution >= 0.6 is 34.2 Å². The van der Waals surface area contributed by atoms with Crippen molar-refractivity contribution < 1.29 is 35.5 Å². The van der Waals surface area contributed by atoms with Gasteiger partial charge >= 0.3 is 6.18 Å². The van der Waals surface area contributed by atoms with Gasteiger partial charge in [-0.25, -0.2) is 4.39 Å². The standard InChI is InChI=1S/C25H23ClF4IN5O5S/c1-12-21(41-18-5-3-4-17(20(18)26)35-42(39,40)32-11-25(28,29)30)19(23(37)33-14-7-8-14)22(36(2)24(12)38)34-16-9-6-13(31)10-15(16)27/h3-6,9-10,14,32,34-35H,7-8,11H2,1-2H3,(H,33,37). The Hall–Kier alpha value is -3.09. The second-order valence-corrected chi connectivity index (χ2v) is 12.4. The Morgan fingerprint density at radius 2 is 1.88 bits per heavy atom. The van der Waals surface area contributed by atoms with Crippen LogP contribution in [0, 0.1) is 16.3 Å². The van der Waals surface area contributed by atoms with Gasteiger partial charge in [0.2, 0.25) is 0 Å². The predicted octanol–water partition coefficient (Wildman–Crippen LogP) is 5.33. The van der Waals surface area contributed by atoms with Gasteiger partial charge in [0.25, 0.3) is 21.7 Å². The highest BCUT2D eigenvalue weighted by molar-refractivity contribution is 14.1. The molecule has 0 spiro atoms. The fourth-order valence-corrected chi connectivity index (χ4v) is 5.34. The fourth-order valence-electron chi connectivity index (χ4n) is 3.74. The molecule has 3 aromatic rings. The van der Waals surface area contributed by atoms with Gasteiger partial charge in [0.1, 0.15) is 34.5 Å². The number of anilines is 3. The van der Waals surface area contributed by atoms with Crippen LogP contribution in [0.1, 0.15) is 28.8 Å². The van der Waals surface area contributed by atoms with Gasteiger partial charge in [0.15, 0.2) is 5.75 Å². The number of ether oxygens (including phenoxy) is 1. The predicted molar refractivity (Wildman–Crippen MR) is 157 cm³/mol. The minimum absolute atomic E-state index is 0.0264. The molecule has 0 bridgehead atoms. The van der Waals surface area contributed by atoms with E-state index in [0.29, 0.717) is 3.57 Å². The molecule has 1 heterocycles. The molecule has 42 heavy (non-hydrogen) atoms. The maximum absolute atomic E-state index is 14.8. The van der Waals surface area contributed by atoms with E-state index >= 15 is 0 Å². The third-order valence-corrected chi connectivity index (χ3v) is 8.05. The van der Waals surface area contributed by atoms with Crippen molar-refractivity contribution in [3.05, 3.63) is 72.3 Å². The maximum Gasteiger partial charge on any atom is 0.402 e. The summed E-state index contributed by atoms with van der Waals surface area (Å²) in [4.78, 5) is 26.7. The van der Waals surface area contributed by atoms with Gasteiger partial charge in [-0.05, 0) is 72.7 Å².